The maximum absolute atomic E-state index is 14.4. The van der Waals surface area contributed by atoms with Gasteiger partial charge in [0.05, 0.1) is 6.54 Å². The molecule has 1 heterocycles. The van der Waals surface area contributed by atoms with Crippen LogP contribution in [0, 0.1) is 11.6 Å². The number of halogens is 2. The van der Waals surface area contributed by atoms with Gasteiger partial charge in [0, 0.05) is 37.7 Å². The van der Waals surface area contributed by atoms with Crippen LogP contribution in [0.15, 0.2) is 40.0 Å². The highest BCUT2D eigenvalue weighted by atomic mass is 19.1. The summed E-state index contributed by atoms with van der Waals surface area (Å²) in [5, 5.41) is 7.20. The van der Waals surface area contributed by atoms with Gasteiger partial charge in [0.25, 0.3) is 0 Å². The van der Waals surface area contributed by atoms with Crippen LogP contribution in [0.5, 0.6) is 0 Å². The van der Waals surface area contributed by atoms with Crippen LogP contribution in [0.3, 0.4) is 0 Å². The zero-order chi connectivity index (χ0) is 18.6. The minimum atomic E-state index is -0.555. The summed E-state index contributed by atoms with van der Waals surface area (Å²) in [6.45, 7) is 0.956. The number of nitrogens with zero attached hydrogens (tertiary/aromatic N) is 3. The molecule has 26 heavy (non-hydrogen) atoms. The normalized spacial score (nSPS) is 16.7. The van der Waals surface area contributed by atoms with Crippen molar-refractivity contribution in [2.24, 2.45) is 4.99 Å². The minimum absolute atomic E-state index is 0.194. The van der Waals surface area contributed by atoms with Gasteiger partial charge in [-0.05, 0) is 25.0 Å². The first-order valence-corrected chi connectivity index (χ1v) is 8.81. The first-order valence-electron chi connectivity index (χ1n) is 8.81. The Labute approximate surface area is 152 Å². The first-order chi connectivity index (χ1) is 12.6. The molecule has 1 aliphatic carbocycles. The summed E-state index contributed by atoms with van der Waals surface area (Å²) in [4.78, 5) is 6.19. The van der Waals surface area contributed by atoms with Crippen LogP contribution in [0.25, 0.3) is 0 Å². The Hall–Kier alpha value is -2.44. The lowest BCUT2D eigenvalue weighted by molar-refractivity contribution is 0.369. The lowest BCUT2D eigenvalue weighted by atomic mass is 9.78. The van der Waals surface area contributed by atoms with Crippen LogP contribution in [0.2, 0.25) is 0 Å². The molecule has 5 nitrogen and oxygen atoms in total. The van der Waals surface area contributed by atoms with E-state index in [4.69, 9.17) is 4.52 Å². The van der Waals surface area contributed by atoms with Crippen molar-refractivity contribution in [1.29, 1.82) is 0 Å². The van der Waals surface area contributed by atoms with Gasteiger partial charge in [0.1, 0.15) is 23.6 Å². The van der Waals surface area contributed by atoms with Gasteiger partial charge in [-0.3, -0.25) is 4.99 Å². The smallest absolute Gasteiger partial charge is 0.193 e. The van der Waals surface area contributed by atoms with E-state index in [1.54, 1.807) is 13.1 Å². The van der Waals surface area contributed by atoms with E-state index in [1.807, 2.05) is 11.9 Å². The quantitative estimate of drug-likeness (QED) is 0.654. The summed E-state index contributed by atoms with van der Waals surface area (Å²) in [5.41, 5.74) is 0.422. The second kappa shape index (κ2) is 7.85. The highest BCUT2D eigenvalue weighted by molar-refractivity contribution is 5.79. The number of benzene rings is 1. The zero-order valence-electron chi connectivity index (χ0n) is 15.1. The van der Waals surface area contributed by atoms with Crippen LogP contribution in [0.1, 0.15) is 36.9 Å². The molecular weight excluding hydrogens is 338 g/mol. The van der Waals surface area contributed by atoms with Gasteiger partial charge in [-0.15, -0.1) is 0 Å². The lowest BCUT2D eigenvalue weighted by Gasteiger charge is -2.32. The molecule has 7 heteroatoms. The molecule has 0 saturated heterocycles. The van der Waals surface area contributed by atoms with Gasteiger partial charge in [-0.2, -0.15) is 0 Å². The second-order valence-corrected chi connectivity index (χ2v) is 6.83. The van der Waals surface area contributed by atoms with Crippen molar-refractivity contribution in [3.8, 4) is 0 Å². The highest BCUT2D eigenvalue weighted by Gasteiger charge is 2.40. The number of hydrogen-bond acceptors (Lipinski definition) is 3. The molecule has 1 N–H and O–H groups in total. The molecule has 0 spiro atoms. The highest BCUT2D eigenvalue weighted by Crippen LogP contribution is 2.42. The van der Waals surface area contributed by atoms with Crippen molar-refractivity contribution < 1.29 is 13.3 Å². The fourth-order valence-corrected chi connectivity index (χ4v) is 3.84. The summed E-state index contributed by atoms with van der Waals surface area (Å²) in [5.74, 6) is -0.296. The Morgan fingerprint density at radius 2 is 1.96 bits per heavy atom. The van der Waals surface area contributed by atoms with Crippen LogP contribution in [-0.4, -0.2) is 36.7 Å². The number of aliphatic imine (C=N–C) groups is 1. The average Bonchev–Trinajstić information content (AvgIpc) is 3.28. The van der Waals surface area contributed by atoms with E-state index in [0.717, 1.165) is 31.4 Å². The van der Waals surface area contributed by atoms with Crippen LogP contribution in [0.4, 0.5) is 8.78 Å². The molecule has 1 aromatic heterocycles. The van der Waals surface area contributed by atoms with Crippen LogP contribution < -0.4 is 5.32 Å². The molecule has 2 aromatic rings. The van der Waals surface area contributed by atoms with E-state index in [0.29, 0.717) is 19.0 Å². The molecule has 0 unspecified atom stereocenters. The predicted molar refractivity (Wildman–Crippen MR) is 95.8 cm³/mol. The molecule has 0 aliphatic heterocycles. The summed E-state index contributed by atoms with van der Waals surface area (Å²) in [7, 11) is 3.57. The monoisotopic (exact) mass is 362 g/mol. The Morgan fingerprint density at radius 1 is 1.27 bits per heavy atom. The number of guanidine groups is 1. The molecule has 140 valence electrons. The van der Waals surface area contributed by atoms with E-state index >= 15 is 0 Å². The molecule has 0 bridgehead atoms. The van der Waals surface area contributed by atoms with Gasteiger partial charge in [-0.1, -0.05) is 24.1 Å². The standard InChI is InChI=1S/C19H24F2N4O/c1-22-18(25(2)12-14-8-11-26-24-14)23-13-19(9-3-4-10-19)17-15(20)6-5-7-16(17)21/h5-8,11H,3-4,9-10,12-13H2,1-2H3,(H,22,23). The maximum atomic E-state index is 14.4. The van der Waals surface area contributed by atoms with Crippen molar-refractivity contribution in [1.82, 2.24) is 15.4 Å². The van der Waals surface area contributed by atoms with Crippen LogP contribution in [-0.2, 0) is 12.0 Å². The van der Waals surface area contributed by atoms with Gasteiger partial charge in [0.2, 0.25) is 0 Å². The molecular formula is C19H24F2N4O. The summed E-state index contributed by atoms with van der Waals surface area (Å²) in [6, 6.07) is 5.87. The molecule has 1 fully saturated rings. The molecule has 1 aromatic carbocycles. The van der Waals surface area contributed by atoms with Crippen molar-refractivity contribution in [3.05, 3.63) is 53.4 Å². The number of aromatic nitrogens is 1. The van der Waals surface area contributed by atoms with Gasteiger partial charge in [0.15, 0.2) is 5.96 Å². The first kappa shape index (κ1) is 18.4. The molecule has 0 atom stereocenters. The number of rotatable bonds is 5. The summed E-state index contributed by atoms with van der Waals surface area (Å²) in [6.07, 6.45) is 4.95. The fourth-order valence-electron chi connectivity index (χ4n) is 3.84. The Bertz CT molecular complexity index is 735. The summed E-state index contributed by atoms with van der Waals surface area (Å²) < 4.78 is 33.7. The second-order valence-electron chi connectivity index (χ2n) is 6.83. The predicted octanol–water partition coefficient (Wildman–Crippen LogP) is 3.47. The largest absolute Gasteiger partial charge is 0.364 e. The zero-order valence-corrected chi connectivity index (χ0v) is 15.1. The fraction of sp³-hybridized carbons (Fsp3) is 0.474. The SMILES string of the molecule is CN=C(NCC1(c2c(F)cccc2F)CCCC1)N(C)Cc1ccon1. The molecule has 3 rings (SSSR count). The lowest BCUT2D eigenvalue weighted by Crippen LogP contribution is -2.45. The Kier molecular flexibility index (Phi) is 5.54. The van der Waals surface area contributed by atoms with Crippen LogP contribution >= 0.6 is 0 Å². The third-order valence-electron chi connectivity index (χ3n) is 5.10. The van der Waals surface area contributed by atoms with Crippen molar-refractivity contribution in [2.75, 3.05) is 20.6 Å². The molecule has 1 saturated carbocycles. The maximum Gasteiger partial charge on any atom is 0.193 e. The third kappa shape index (κ3) is 3.71. The van der Waals surface area contributed by atoms with E-state index in [2.05, 4.69) is 15.5 Å². The van der Waals surface area contributed by atoms with E-state index in [1.165, 1.54) is 24.5 Å². The van der Waals surface area contributed by atoms with Crippen molar-refractivity contribution in [2.45, 2.75) is 37.6 Å². The molecule has 0 radical (unpaired) electrons. The van der Waals surface area contributed by atoms with Gasteiger partial charge in [-0.25, -0.2) is 8.78 Å². The van der Waals surface area contributed by atoms with E-state index in [-0.39, 0.29) is 5.56 Å². The summed E-state index contributed by atoms with van der Waals surface area (Å²) >= 11 is 0. The van der Waals surface area contributed by atoms with Gasteiger partial charge < -0.3 is 14.7 Å². The van der Waals surface area contributed by atoms with Crippen molar-refractivity contribution >= 4 is 5.96 Å². The number of hydrogen-bond donors (Lipinski definition) is 1. The topological polar surface area (TPSA) is 53.7 Å². The third-order valence-corrected chi connectivity index (χ3v) is 5.10. The minimum Gasteiger partial charge on any atom is -0.364 e. The molecule has 0 amide bonds. The van der Waals surface area contributed by atoms with E-state index < -0.39 is 17.0 Å². The van der Waals surface area contributed by atoms with Gasteiger partial charge >= 0.3 is 0 Å². The van der Waals surface area contributed by atoms with Crippen molar-refractivity contribution in [3.63, 3.8) is 0 Å². The number of nitrogens with one attached hydrogen (secondary N) is 1. The molecule has 1 aliphatic rings. The Balaban J connectivity index is 1.76. The Morgan fingerprint density at radius 3 is 2.54 bits per heavy atom. The van der Waals surface area contributed by atoms with E-state index in [9.17, 15) is 8.78 Å². The average molecular weight is 362 g/mol.